The number of methoxy groups -OCH3 is 1. The second kappa shape index (κ2) is 16.9. The molecule has 0 aromatic rings. The highest BCUT2D eigenvalue weighted by molar-refractivity contribution is 4.57. The summed E-state index contributed by atoms with van der Waals surface area (Å²) in [7, 11) is 1.63. The van der Waals surface area contributed by atoms with Gasteiger partial charge in [0.05, 0.1) is 12.7 Å². The Morgan fingerprint density at radius 1 is 0.850 bits per heavy atom. The molecule has 122 valence electrons. The van der Waals surface area contributed by atoms with Crippen molar-refractivity contribution in [2.75, 3.05) is 26.8 Å². The first-order valence-corrected chi connectivity index (χ1v) is 8.69. The molecule has 0 saturated heterocycles. The molecular weight excluding hydrogens is 250 g/mol. The lowest BCUT2D eigenvalue weighted by Gasteiger charge is -2.09. The van der Waals surface area contributed by atoms with E-state index in [0.717, 1.165) is 19.5 Å². The molecule has 0 spiro atoms. The molecule has 20 heavy (non-hydrogen) atoms. The summed E-state index contributed by atoms with van der Waals surface area (Å²) in [5.41, 5.74) is 0. The number of aliphatic hydroxyl groups is 1. The van der Waals surface area contributed by atoms with E-state index >= 15 is 0 Å². The van der Waals surface area contributed by atoms with Crippen molar-refractivity contribution in [3.8, 4) is 0 Å². The van der Waals surface area contributed by atoms with Crippen LogP contribution < -0.4 is 5.32 Å². The number of nitrogens with one attached hydrogen (secondary N) is 1. The molecule has 0 radical (unpaired) electrons. The summed E-state index contributed by atoms with van der Waals surface area (Å²) in [4.78, 5) is 0. The predicted octanol–water partition coefficient (Wildman–Crippen LogP) is 3.89. The molecule has 0 fully saturated rings. The fourth-order valence-electron chi connectivity index (χ4n) is 2.41. The van der Waals surface area contributed by atoms with Crippen LogP contribution in [0.2, 0.25) is 0 Å². The third kappa shape index (κ3) is 15.9. The molecule has 0 aliphatic heterocycles. The first-order valence-electron chi connectivity index (χ1n) is 8.69. The second-order valence-corrected chi connectivity index (χ2v) is 5.83. The van der Waals surface area contributed by atoms with Gasteiger partial charge in [0.2, 0.25) is 0 Å². The molecule has 0 aliphatic carbocycles. The molecule has 0 rings (SSSR count). The Morgan fingerprint density at radius 3 is 1.95 bits per heavy atom. The van der Waals surface area contributed by atoms with Gasteiger partial charge in [-0.3, -0.25) is 0 Å². The third-order valence-electron chi connectivity index (χ3n) is 3.72. The highest BCUT2D eigenvalue weighted by Crippen LogP contribution is 2.10. The van der Waals surface area contributed by atoms with Crippen LogP contribution in [0.5, 0.6) is 0 Å². The average Bonchev–Trinajstić information content (AvgIpc) is 2.44. The summed E-state index contributed by atoms with van der Waals surface area (Å²) in [6.07, 6.45) is 14.3. The van der Waals surface area contributed by atoms with Crippen LogP contribution in [0.15, 0.2) is 0 Å². The molecule has 0 aliphatic rings. The molecule has 2 N–H and O–H groups in total. The highest BCUT2D eigenvalue weighted by atomic mass is 16.5. The molecular formula is C17H37NO2. The minimum Gasteiger partial charge on any atom is -0.391 e. The maximum atomic E-state index is 9.46. The zero-order chi connectivity index (χ0) is 14.9. The zero-order valence-electron chi connectivity index (χ0n) is 13.8. The van der Waals surface area contributed by atoms with Gasteiger partial charge in [-0.05, 0) is 25.9 Å². The van der Waals surface area contributed by atoms with Crippen LogP contribution in [0, 0.1) is 0 Å². The van der Waals surface area contributed by atoms with Gasteiger partial charge < -0.3 is 15.2 Å². The van der Waals surface area contributed by atoms with E-state index in [4.69, 9.17) is 4.74 Å². The lowest BCUT2D eigenvalue weighted by atomic mass is 10.1. The maximum absolute atomic E-state index is 9.46. The lowest BCUT2D eigenvalue weighted by Crippen LogP contribution is -2.23. The topological polar surface area (TPSA) is 41.5 Å². The predicted molar refractivity (Wildman–Crippen MR) is 87.2 cm³/mol. The number of ether oxygens (including phenoxy) is 1. The molecule has 3 nitrogen and oxygen atoms in total. The fraction of sp³-hybridized carbons (Fsp3) is 1.00. The summed E-state index contributed by atoms with van der Waals surface area (Å²) < 4.78 is 4.89. The minimum atomic E-state index is -0.319. The Kier molecular flexibility index (Phi) is 16.8. The number of hydrogen-bond donors (Lipinski definition) is 2. The van der Waals surface area contributed by atoms with Crippen LogP contribution in [0.25, 0.3) is 0 Å². The van der Waals surface area contributed by atoms with Crippen LogP contribution in [0.4, 0.5) is 0 Å². The van der Waals surface area contributed by atoms with Crippen LogP contribution in [-0.4, -0.2) is 38.0 Å². The normalized spacial score (nSPS) is 12.8. The molecule has 0 amide bonds. The van der Waals surface area contributed by atoms with Gasteiger partial charge in [0, 0.05) is 7.11 Å². The third-order valence-corrected chi connectivity index (χ3v) is 3.72. The minimum absolute atomic E-state index is 0.319. The van der Waals surface area contributed by atoms with Gasteiger partial charge in [0.15, 0.2) is 0 Å². The standard InChI is InChI=1S/C17H37NO2/c1-3-4-5-6-7-8-9-10-11-12-14-18-15-13-17(19)16-20-2/h17-19H,3-16H2,1-2H3. The Bertz CT molecular complexity index is 176. The smallest absolute Gasteiger partial charge is 0.0785 e. The van der Waals surface area contributed by atoms with Gasteiger partial charge >= 0.3 is 0 Å². The van der Waals surface area contributed by atoms with Crippen molar-refractivity contribution in [1.29, 1.82) is 0 Å². The van der Waals surface area contributed by atoms with E-state index in [9.17, 15) is 5.11 Å². The maximum Gasteiger partial charge on any atom is 0.0785 e. The first kappa shape index (κ1) is 19.9. The Balaban J connectivity index is 2.99. The summed E-state index contributed by atoms with van der Waals surface area (Å²) in [6.45, 7) is 4.68. The van der Waals surface area contributed by atoms with Crippen LogP contribution >= 0.6 is 0 Å². The highest BCUT2D eigenvalue weighted by Gasteiger charge is 2.01. The van der Waals surface area contributed by atoms with Gasteiger partial charge in [0.25, 0.3) is 0 Å². The van der Waals surface area contributed by atoms with Crippen molar-refractivity contribution in [2.45, 2.75) is 83.7 Å². The van der Waals surface area contributed by atoms with Crippen LogP contribution in [-0.2, 0) is 4.74 Å². The summed E-state index contributed by atoms with van der Waals surface area (Å²) in [5, 5.41) is 12.8. The monoisotopic (exact) mass is 287 g/mol. The number of hydrogen-bond acceptors (Lipinski definition) is 3. The zero-order valence-corrected chi connectivity index (χ0v) is 13.8. The van der Waals surface area contributed by atoms with E-state index in [0.29, 0.717) is 6.61 Å². The van der Waals surface area contributed by atoms with Crippen molar-refractivity contribution in [3.63, 3.8) is 0 Å². The molecule has 0 heterocycles. The van der Waals surface area contributed by atoms with E-state index in [1.807, 2.05) is 0 Å². The van der Waals surface area contributed by atoms with E-state index in [2.05, 4.69) is 12.2 Å². The van der Waals surface area contributed by atoms with E-state index in [-0.39, 0.29) is 6.10 Å². The van der Waals surface area contributed by atoms with E-state index < -0.39 is 0 Å². The quantitative estimate of drug-likeness (QED) is 0.423. The molecule has 0 saturated carbocycles. The Hall–Kier alpha value is -0.120. The van der Waals surface area contributed by atoms with Crippen LogP contribution in [0.3, 0.4) is 0 Å². The molecule has 0 bridgehead atoms. The van der Waals surface area contributed by atoms with Gasteiger partial charge in [0.1, 0.15) is 0 Å². The Labute approximate surface area is 126 Å². The average molecular weight is 287 g/mol. The number of aliphatic hydroxyl groups excluding tert-OH is 1. The molecule has 1 unspecified atom stereocenters. The molecule has 0 aromatic heterocycles. The van der Waals surface area contributed by atoms with Gasteiger partial charge in [-0.15, -0.1) is 0 Å². The summed E-state index contributed by atoms with van der Waals surface area (Å²) >= 11 is 0. The van der Waals surface area contributed by atoms with E-state index in [1.54, 1.807) is 7.11 Å². The second-order valence-electron chi connectivity index (χ2n) is 5.83. The SMILES string of the molecule is CCCCCCCCCCCCNCCC(O)COC. The van der Waals surface area contributed by atoms with Crippen molar-refractivity contribution in [1.82, 2.24) is 5.32 Å². The van der Waals surface area contributed by atoms with Crippen molar-refractivity contribution in [2.24, 2.45) is 0 Å². The summed E-state index contributed by atoms with van der Waals surface area (Å²) in [6, 6.07) is 0. The Morgan fingerprint density at radius 2 is 1.40 bits per heavy atom. The van der Waals surface area contributed by atoms with Crippen molar-refractivity contribution < 1.29 is 9.84 Å². The fourth-order valence-corrected chi connectivity index (χ4v) is 2.41. The van der Waals surface area contributed by atoms with Crippen molar-refractivity contribution >= 4 is 0 Å². The van der Waals surface area contributed by atoms with Crippen LogP contribution in [0.1, 0.15) is 77.6 Å². The van der Waals surface area contributed by atoms with Crippen molar-refractivity contribution in [3.05, 3.63) is 0 Å². The first-order chi connectivity index (χ1) is 9.81. The molecule has 0 aromatic carbocycles. The lowest BCUT2D eigenvalue weighted by molar-refractivity contribution is 0.0595. The summed E-state index contributed by atoms with van der Waals surface area (Å²) in [5.74, 6) is 0. The number of unbranched alkanes of at least 4 members (excludes halogenated alkanes) is 9. The largest absolute Gasteiger partial charge is 0.391 e. The molecule has 1 atom stereocenters. The number of rotatable bonds is 16. The van der Waals surface area contributed by atoms with Gasteiger partial charge in [-0.1, -0.05) is 64.7 Å². The van der Waals surface area contributed by atoms with E-state index in [1.165, 1.54) is 64.2 Å². The molecule has 3 heteroatoms. The van der Waals surface area contributed by atoms with Gasteiger partial charge in [-0.25, -0.2) is 0 Å². The van der Waals surface area contributed by atoms with Gasteiger partial charge in [-0.2, -0.15) is 0 Å².